The second-order valence-corrected chi connectivity index (χ2v) is 7.41. The highest BCUT2D eigenvalue weighted by atomic mass is 32.2. The molecule has 1 aliphatic carbocycles. The molecule has 3 heteroatoms. The molecule has 1 aromatic carbocycles. The lowest BCUT2D eigenvalue weighted by Crippen LogP contribution is -2.47. The van der Waals surface area contributed by atoms with E-state index in [-0.39, 0.29) is 11.3 Å². The summed E-state index contributed by atoms with van der Waals surface area (Å²) in [5, 5.41) is 0.1000. The summed E-state index contributed by atoms with van der Waals surface area (Å²) < 4.78 is 12.7. The van der Waals surface area contributed by atoms with Crippen LogP contribution in [-0.2, 0) is 10.8 Å². The SMILES string of the molecule is Cc1cccc(S(=O)C2C(C)CC(C)CC2N)c1. The van der Waals surface area contributed by atoms with Crippen molar-refractivity contribution in [2.45, 2.75) is 49.8 Å². The second kappa shape index (κ2) is 5.54. The fraction of sp³-hybridized carbons (Fsp3) is 0.600. The molecular formula is C15H23NOS. The van der Waals surface area contributed by atoms with Gasteiger partial charge in [-0.15, -0.1) is 0 Å². The first kappa shape index (κ1) is 13.8. The highest BCUT2D eigenvalue weighted by molar-refractivity contribution is 7.85. The molecule has 2 N–H and O–H groups in total. The Morgan fingerprint density at radius 1 is 1.28 bits per heavy atom. The molecule has 1 aromatic rings. The van der Waals surface area contributed by atoms with Gasteiger partial charge in [-0.2, -0.15) is 0 Å². The fourth-order valence-corrected chi connectivity index (χ4v) is 4.94. The molecule has 5 atom stereocenters. The molecule has 0 spiro atoms. The first-order valence-corrected chi connectivity index (χ1v) is 7.93. The molecule has 1 saturated carbocycles. The lowest BCUT2D eigenvalue weighted by atomic mass is 9.80. The third kappa shape index (κ3) is 2.83. The Kier molecular flexibility index (Phi) is 4.23. The van der Waals surface area contributed by atoms with Crippen LogP contribution in [0.4, 0.5) is 0 Å². The molecule has 0 bridgehead atoms. The standard InChI is InChI=1S/C15H23NOS/c1-10-5-4-6-13(8-10)18(17)15-12(3)7-11(2)9-14(15)16/h4-6,8,11-12,14-15H,7,9,16H2,1-3H3. The van der Waals surface area contributed by atoms with Crippen molar-refractivity contribution in [3.05, 3.63) is 29.8 Å². The Balaban J connectivity index is 2.22. The van der Waals surface area contributed by atoms with Crippen molar-refractivity contribution in [2.24, 2.45) is 17.6 Å². The van der Waals surface area contributed by atoms with Gasteiger partial charge in [0, 0.05) is 10.9 Å². The summed E-state index contributed by atoms with van der Waals surface area (Å²) in [5.41, 5.74) is 7.40. The van der Waals surface area contributed by atoms with E-state index in [1.54, 1.807) is 0 Å². The maximum atomic E-state index is 12.7. The van der Waals surface area contributed by atoms with E-state index in [1.807, 2.05) is 31.2 Å². The van der Waals surface area contributed by atoms with Crippen LogP contribution in [0.5, 0.6) is 0 Å². The molecule has 1 aliphatic rings. The van der Waals surface area contributed by atoms with Crippen LogP contribution in [0.25, 0.3) is 0 Å². The summed E-state index contributed by atoms with van der Waals surface area (Å²) in [5.74, 6) is 1.09. The average molecular weight is 265 g/mol. The van der Waals surface area contributed by atoms with Gasteiger partial charge in [0.2, 0.25) is 0 Å². The van der Waals surface area contributed by atoms with E-state index < -0.39 is 10.8 Å². The van der Waals surface area contributed by atoms with E-state index in [9.17, 15) is 4.21 Å². The van der Waals surface area contributed by atoms with Crippen molar-refractivity contribution < 1.29 is 4.21 Å². The minimum absolute atomic E-state index is 0.0603. The largest absolute Gasteiger partial charge is 0.327 e. The summed E-state index contributed by atoms with van der Waals surface area (Å²) in [6, 6.07) is 8.05. The van der Waals surface area contributed by atoms with Crippen LogP contribution in [0.1, 0.15) is 32.3 Å². The highest BCUT2D eigenvalue weighted by Crippen LogP contribution is 2.33. The minimum Gasteiger partial charge on any atom is -0.327 e. The third-order valence-electron chi connectivity index (χ3n) is 3.90. The van der Waals surface area contributed by atoms with Crippen LogP contribution in [0.15, 0.2) is 29.2 Å². The zero-order chi connectivity index (χ0) is 13.3. The summed E-state index contributed by atoms with van der Waals surface area (Å²) in [6.45, 7) is 6.46. The Morgan fingerprint density at radius 2 is 2.00 bits per heavy atom. The van der Waals surface area contributed by atoms with Crippen molar-refractivity contribution >= 4 is 10.8 Å². The first-order chi connectivity index (χ1) is 8.49. The number of nitrogens with two attached hydrogens (primary N) is 1. The topological polar surface area (TPSA) is 43.1 Å². The third-order valence-corrected chi connectivity index (χ3v) is 5.93. The molecule has 2 nitrogen and oxygen atoms in total. The van der Waals surface area contributed by atoms with E-state index in [2.05, 4.69) is 13.8 Å². The van der Waals surface area contributed by atoms with Crippen LogP contribution in [0.3, 0.4) is 0 Å². The molecule has 0 heterocycles. The van der Waals surface area contributed by atoms with Gasteiger partial charge in [-0.1, -0.05) is 26.0 Å². The summed E-state index contributed by atoms with van der Waals surface area (Å²) in [6.07, 6.45) is 2.13. The van der Waals surface area contributed by atoms with E-state index in [4.69, 9.17) is 5.73 Å². The smallest absolute Gasteiger partial charge is 0.0579 e. The average Bonchev–Trinajstić information content (AvgIpc) is 2.27. The number of hydrogen-bond acceptors (Lipinski definition) is 2. The van der Waals surface area contributed by atoms with Crippen LogP contribution in [0.2, 0.25) is 0 Å². The summed E-state index contributed by atoms with van der Waals surface area (Å²) >= 11 is 0. The molecule has 0 aromatic heterocycles. The summed E-state index contributed by atoms with van der Waals surface area (Å²) in [4.78, 5) is 0.928. The Bertz CT molecular complexity index is 434. The molecule has 100 valence electrons. The highest BCUT2D eigenvalue weighted by Gasteiger charge is 2.36. The maximum absolute atomic E-state index is 12.7. The lowest BCUT2D eigenvalue weighted by Gasteiger charge is -2.37. The normalized spacial score (nSPS) is 34.2. The van der Waals surface area contributed by atoms with Crippen LogP contribution in [-0.4, -0.2) is 15.5 Å². The van der Waals surface area contributed by atoms with Gasteiger partial charge in [0.05, 0.1) is 16.0 Å². The predicted octanol–water partition coefficient (Wildman–Crippen LogP) is 2.86. The second-order valence-electron chi connectivity index (χ2n) is 5.80. The van der Waals surface area contributed by atoms with Crippen LogP contribution >= 0.6 is 0 Å². The number of hydrogen-bond donors (Lipinski definition) is 1. The van der Waals surface area contributed by atoms with Gasteiger partial charge < -0.3 is 5.73 Å². The van der Waals surface area contributed by atoms with E-state index in [1.165, 1.54) is 0 Å². The fourth-order valence-electron chi connectivity index (χ4n) is 3.15. The Morgan fingerprint density at radius 3 is 2.61 bits per heavy atom. The molecule has 2 rings (SSSR count). The molecule has 1 fully saturated rings. The van der Waals surface area contributed by atoms with Crippen molar-refractivity contribution in [2.75, 3.05) is 0 Å². The zero-order valence-corrected chi connectivity index (χ0v) is 12.2. The van der Waals surface area contributed by atoms with Crippen molar-refractivity contribution in [1.29, 1.82) is 0 Å². The van der Waals surface area contributed by atoms with Crippen molar-refractivity contribution in [3.63, 3.8) is 0 Å². The number of aryl methyl sites for hydroxylation is 1. The van der Waals surface area contributed by atoms with Gasteiger partial charge in [0.1, 0.15) is 0 Å². The zero-order valence-electron chi connectivity index (χ0n) is 11.4. The van der Waals surface area contributed by atoms with Crippen molar-refractivity contribution in [3.8, 4) is 0 Å². The maximum Gasteiger partial charge on any atom is 0.0579 e. The van der Waals surface area contributed by atoms with Crippen LogP contribution < -0.4 is 5.73 Å². The first-order valence-electron chi connectivity index (χ1n) is 6.72. The molecular weight excluding hydrogens is 242 g/mol. The Hall–Kier alpha value is -0.670. The monoisotopic (exact) mass is 265 g/mol. The molecule has 0 saturated heterocycles. The Labute approximate surface area is 112 Å². The van der Waals surface area contributed by atoms with Gasteiger partial charge in [0.25, 0.3) is 0 Å². The molecule has 0 radical (unpaired) electrons. The van der Waals surface area contributed by atoms with Gasteiger partial charge in [-0.05, 0) is 49.3 Å². The van der Waals surface area contributed by atoms with E-state index in [0.29, 0.717) is 11.8 Å². The minimum atomic E-state index is -0.980. The lowest BCUT2D eigenvalue weighted by molar-refractivity contribution is 0.275. The molecule has 0 aliphatic heterocycles. The van der Waals surface area contributed by atoms with E-state index >= 15 is 0 Å². The number of benzene rings is 1. The molecule has 5 unspecified atom stereocenters. The van der Waals surface area contributed by atoms with Gasteiger partial charge >= 0.3 is 0 Å². The number of rotatable bonds is 2. The van der Waals surface area contributed by atoms with Gasteiger partial charge in [-0.25, -0.2) is 0 Å². The quantitative estimate of drug-likeness (QED) is 0.893. The molecule has 18 heavy (non-hydrogen) atoms. The van der Waals surface area contributed by atoms with Gasteiger partial charge in [-0.3, -0.25) is 4.21 Å². The van der Waals surface area contributed by atoms with E-state index in [0.717, 1.165) is 23.3 Å². The van der Waals surface area contributed by atoms with Gasteiger partial charge in [0.15, 0.2) is 0 Å². The molecule has 0 amide bonds. The van der Waals surface area contributed by atoms with Crippen molar-refractivity contribution in [1.82, 2.24) is 0 Å². The predicted molar refractivity (Wildman–Crippen MR) is 76.9 cm³/mol. The summed E-state index contributed by atoms with van der Waals surface area (Å²) in [7, 11) is -0.980. The van der Waals surface area contributed by atoms with Crippen LogP contribution in [0, 0.1) is 18.8 Å².